The summed E-state index contributed by atoms with van der Waals surface area (Å²) in [6.45, 7) is 8.41. The zero-order valence-electron chi connectivity index (χ0n) is 13.8. The van der Waals surface area contributed by atoms with E-state index < -0.39 is 5.54 Å². The van der Waals surface area contributed by atoms with E-state index in [0.29, 0.717) is 0 Å². The Morgan fingerprint density at radius 2 is 2.05 bits per heavy atom. The van der Waals surface area contributed by atoms with E-state index in [-0.39, 0.29) is 17.5 Å². The van der Waals surface area contributed by atoms with Crippen LogP contribution in [0.1, 0.15) is 53.4 Å². The summed E-state index contributed by atoms with van der Waals surface area (Å²) in [5.41, 5.74) is 0.534. The fourth-order valence-corrected chi connectivity index (χ4v) is 3.78. The van der Waals surface area contributed by atoms with E-state index in [1.54, 1.807) is 0 Å². The molecular weight excluding hydrogens is 264 g/mol. The molecule has 116 valence electrons. The lowest BCUT2D eigenvalue weighted by atomic mass is 9.91. The van der Waals surface area contributed by atoms with Gasteiger partial charge in [-0.25, -0.2) is 0 Å². The van der Waals surface area contributed by atoms with Gasteiger partial charge in [0.1, 0.15) is 11.9 Å². The van der Waals surface area contributed by atoms with E-state index in [2.05, 4.69) is 26.8 Å². The minimum Gasteiger partial charge on any atom is -0.403 e. The van der Waals surface area contributed by atoms with Crippen LogP contribution in [-0.4, -0.2) is 34.6 Å². The summed E-state index contributed by atoms with van der Waals surface area (Å²) in [6.07, 6.45) is 8.87. The summed E-state index contributed by atoms with van der Waals surface area (Å²) < 4.78 is 0. The molecule has 1 saturated heterocycles. The van der Waals surface area contributed by atoms with Crippen LogP contribution in [0.2, 0.25) is 0 Å². The van der Waals surface area contributed by atoms with Gasteiger partial charge in [0.2, 0.25) is 0 Å². The summed E-state index contributed by atoms with van der Waals surface area (Å²) >= 11 is 0. The van der Waals surface area contributed by atoms with Gasteiger partial charge in [0.25, 0.3) is 5.91 Å². The molecule has 2 atom stereocenters. The molecule has 4 heteroatoms. The van der Waals surface area contributed by atoms with Crippen molar-refractivity contribution < 1.29 is 9.63 Å². The molecule has 0 saturated carbocycles. The molecular formula is C17H26N2O2. The van der Waals surface area contributed by atoms with Gasteiger partial charge in [-0.3, -0.25) is 4.79 Å². The van der Waals surface area contributed by atoms with Crippen LogP contribution in [0.5, 0.6) is 0 Å². The highest BCUT2D eigenvalue weighted by molar-refractivity contribution is 5.91. The van der Waals surface area contributed by atoms with Crippen molar-refractivity contribution in [2.24, 2.45) is 5.41 Å². The molecule has 0 aromatic rings. The lowest BCUT2D eigenvalue weighted by Crippen LogP contribution is -2.48. The summed E-state index contributed by atoms with van der Waals surface area (Å²) in [5.74, 6) is 1.02. The minimum atomic E-state index is -0.666. The molecule has 21 heavy (non-hydrogen) atoms. The Morgan fingerprint density at radius 1 is 1.33 bits per heavy atom. The molecule has 4 nitrogen and oxygen atoms in total. The summed E-state index contributed by atoms with van der Waals surface area (Å²) in [6, 6.07) is 0. The first-order valence-corrected chi connectivity index (χ1v) is 7.92. The highest BCUT2D eigenvalue weighted by Gasteiger charge is 2.60. The Kier molecular flexibility index (Phi) is 3.21. The fourth-order valence-electron chi connectivity index (χ4n) is 3.78. The van der Waals surface area contributed by atoms with Gasteiger partial charge < -0.3 is 9.74 Å². The zero-order chi connectivity index (χ0) is 15.4. The average molecular weight is 290 g/mol. The minimum absolute atomic E-state index is 0.0482. The SMILES string of the molecule is CN1C(=O)[C@]2(C)C=C(C3=CCCCC3)ON2[C@H]1C(C)(C)C. The lowest BCUT2D eigenvalue weighted by molar-refractivity contribution is -0.188. The summed E-state index contributed by atoms with van der Waals surface area (Å²) in [4.78, 5) is 20.7. The largest absolute Gasteiger partial charge is 0.403 e. The van der Waals surface area contributed by atoms with E-state index in [1.807, 2.05) is 30.0 Å². The fraction of sp³-hybridized carbons (Fsp3) is 0.706. The quantitative estimate of drug-likeness (QED) is 0.743. The number of fused-ring (bicyclic) bond motifs is 1. The molecule has 0 spiro atoms. The second-order valence-corrected chi connectivity index (χ2v) is 7.70. The van der Waals surface area contributed by atoms with E-state index >= 15 is 0 Å². The first-order chi connectivity index (χ1) is 9.75. The van der Waals surface area contributed by atoms with Crippen molar-refractivity contribution >= 4 is 5.91 Å². The number of nitrogens with zero attached hydrogens (tertiary/aromatic N) is 2. The van der Waals surface area contributed by atoms with Crippen molar-refractivity contribution in [3.8, 4) is 0 Å². The Labute approximate surface area is 127 Å². The van der Waals surface area contributed by atoms with Gasteiger partial charge in [-0.2, -0.15) is 0 Å². The summed E-state index contributed by atoms with van der Waals surface area (Å²) in [5, 5.41) is 1.90. The van der Waals surface area contributed by atoms with Crippen molar-refractivity contribution in [1.29, 1.82) is 0 Å². The lowest BCUT2D eigenvalue weighted by Gasteiger charge is -2.37. The molecule has 1 amide bonds. The van der Waals surface area contributed by atoms with E-state index in [4.69, 9.17) is 4.84 Å². The molecule has 0 aromatic carbocycles. The smallest absolute Gasteiger partial charge is 0.251 e. The molecule has 3 rings (SSSR count). The number of hydrogen-bond donors (Lipinski definition) is 0. The topological polar surface area (TPSA) is 32.8 Å². The van der Waals surface area contributed by atoms with Crippen molar-refractivity contribution in [3.05, 3.63) is 23.5 Å². The van der Waals surface area contributed by atoms with E-state index in [0.717, 1.165) is 18.6 Å². The van der Waals surface area contributed by atoms with Crippen LogP contribution in [0.4, 0.5) is 0 Å². The second-order valence-electron chi connectivity index (χ2n) is 7.70. The van der Waals surface area contributed by atoms with Gasteiger partial charge in [-0.05, 0) is 49.7 Å². The van der Waals surface area contributed by atoms with Crippen molar-refractivity contribution in [2.45, 2.75) is 65.1 Å². The molecule has 0 bridgehead atoms. The van der Waals surface area contributed by atoms with Crippen LogP contribution >= 0.6 is 0 Å². The predicted molar refractivity (Wildman–Crippen MR) is 82.0 cm³/mol. The number of amides is 1. The van der Waals surface area contributed by atoms with Crippen molar-refractivity contribution in [3.63, 3.8) is 0 Å². The van der Waals surface area contributed by atoms with Gasteiger partial charge >= 0.3 is 0 Å². The Morgan fingerprint density at radius 3 is 2.62 bits per heavy atom. The van der Waals surface area contributed by atoms with Gasteiger partial charge in [-0.15, -0.1) is 5.06 Å². The molecule has 1 aliphatic carbocycles. The van der Waals surface area contributed by atoms with Crippen LogP contribution in [0, 0.1) is 5.41 Å². The molecule has 3 aliphatic rings. The monoisotopic (exact) mass is 290 g/mol. The first kappa shape index (κ1) is 14.6. The maximum absolute atomic E-state index is 12.7. The number of hydroxylamine groups is 2. The maximum Gasteiger partial charge on any atom is 0.251 e. The third-order valence-electron chi connectivity index (χ3n) is 4.79. The number of rotatable bonds is 1. The molecule has 2 heterocycles. The van der Waals surface area contributed by atoms with Crippen LogP contribution < -0.4 is 0 Å². The number of carbonyl (C=O) groups is 1. The van der Waals surface area contributed by atoms with Crippen LogP contribution in [-0.2, 0) is 9.63 Å². The van der Waals surface area contributed by atoms with Crippen LogP contribution in [0.3, 0.4) is 0 Å². The third kappa shape index (κ3) is 2.11. The Hall–Kier alpha value is -1.29. The molecule has 1 fully saturated rings. The van der Waals surface area contributed by atoms with Gasteiger partial charge in [0, 0.05) is 7.05 Å². The number of likely N-dealkylation sites (N-methyl/N-ethyl adjacent to an activating group) is 1. The normalized spacial score (nSPS) is 33.7. The highest BCUT2D eigenvalue weighted by atomic mass is 16.7. The third-order valence-corrected chi connectivity index (χ3v) is 4.79. The number of allylic oxidation sites excluding steroid dienone is 2. The predicted octanol–water partition coefficient (Wildman–Crippen LogP) is 3.22. The molecule has 0 aromatic heterocycles. The molecule has 0 radical (unpaired) electrons. The van der Waals surface area contributed by atoms with Gasteiger partial charge in [0.15, 0.2) is 5.54 Å². The maximum atomic E-state index is 12.7. The van der Waals surface area contributed by atoms with Crippen LogP contribution in [0.25, 0.3) is 0 Å². The second kappa shape index (κ2) is 4.60. The molecule has 0 unspecified atom stereocenters. The Balaban J connectivity index is 1.96. The first-order valence-electron chi connectivity index (χ1n) is 7.92. The van der Waals surface area contributed by atoms with E-state index in [1.165, 1.54) is 18.4 Å². The Bertz CT molecular complexity index is 529. The highest BCUT2D eigenvalue weighted by Crippen LogP contribution is 2.46. The molecule has 0 N–H and O–H groups in total. The zero-order valence-corrected chi connectivity index (χ0v) is 13.8. The van der Waals surface area contributed by atoms with Crippen LogP contribution in [0.15, 0.2) is 23.5 Å². The number of carbonyl (C=O) groups excluding carboxylic acids is 1. The molecule has 2 aliphatic heterocycles. The van der Waals surface area contributed by atoms with Crippen molar-refractivity contribution in [2.75, 3.05) is 7.05 Å². The summed E-state index contributed by atoms with van der Waals surface area (Å²) in [7, 11) is 1.87. The average Bonchev–Trinajstić information content (AvgIpc) is 2.84. The number of hydrogen-bond acceptors (Lipinski definition) is 3. The standard InChI is InChI=1S/C17H26N2O2/c1-16(2,3)14-18(5)15(20)17(4)11-13(21-19(14)17)12-9-7-6-8-10-12/h9,11,14H,6-8,10H2,1-5H3/t14-,17-/m0/s1. The van der Waals surface area contributed by atoms with Gasteiger partial charge in [-0.1, -0.05) is 26.8 Å². The van der Waals surface area contributed by atoms with E-state index in [9.17, 15) is 4.79 Å². The van der Waals surface area contributed by atoms with Gasteiger partial charge in [0.05, 0.1) is 0 Å². The van der Waals surface area contributed by atoms with Crippen molar-refractivity contribution in [1.82, 2.24) is 9.96 Å².